The van der Waals surface area contributed by atoms with Crippen LogP contribution in [0.1, 0.15) is 55.3 Å². The maximum atomic E-state index is 13.7. The number of nitrogens with two attached hydrogens (primary N) is 1. The predicted molar refractivity (Wildman–Crippen MR) is 111 cm³/mol. The highest BCUT2D eigenvalue weighted by molar-refractivity contribution is 5.98. The van der Waals surface area contributed by atoms with Crippen LogP contribution in [0.5, 0.6) is 0 Å². The monoisotopic (exact) mass is 436 g/mol. The summed E-state index contributed by atoms with van der Waals surface area (Å²) in [6.07, 6.45) is 4.96. The van der Waals surface area contributed by atoms with Crippen LogP contribution in [0.4, 0.5) is 8.78 Å². The normalized spacial score (nSPS) is 19.5. The summed E-state index contributed by atoms with van der Waals surface area (Å²) in [5.74, 6) is -2.65. The summed E-state index contributed by atoms with van der Waals surface area (Å²) in [6, 6.07) is 2.54. The van der Waals surface area contributed by atoms with Gasteiger partial charge >= 0.3 is 0 Å². The summed E-state index contributed by atoms with van der Waals surface area (Å²) >= 11 is 0. The van der Waals surface area contributed by atoms with E-state index in [-0.39, 0.29) is 31.1 Å². The highest BCUT2D eigenvalue weighted by Gasteiger charge is 2.40. The van der Waals surface area contributed by atoms with E-state index in [1.807, 2.05) is 0 Å². The van der Waals surface area contributed by atoms with Crippen molar-refractivity contribution in [3.05, 3.63) is 35.4 Å². The molecule has 3 rings (SSSR count). The molecule has 0 spiro atoms. The first-order valence-electron chi connectivity index (χ1n) is 10.9. The smallest absolute Gasteiger partial charge is 0.263 e. The van der Waals surface area contributed by atoms with Gasteiger partial charge in [0.05, 0.1) is 0 Å². The summed E-state index contributed by atoms with van der Waals surface area (Å²) in [4.78, 5) is 41.6. The van der Waals surface area contributed by atoms with Crippen molar-refractivity contribution in [1.29, 1.82) is 0 Å². The van der Waals surface area contributed by atoms with Crippen LogP contribution in [-0.4, -0.2) is 59.9 Å². The first-order chi connectivity index (χ1) is 14.9. The summed E-state index contributed by atoms with van der Waals surface area (Å²) < 4.78 is 27.3. The number of hydrogen-bond acceptors (Lipinski definition) is 4. The van der Waals surface area contributed by atoms with Gasteiger partial charge in [-0.25, -0.2) is 8.78 Å². The minimum Gasteiger partial charge on any atom is -0.351 e. The molecular formula is C22H30F2N4O3. The lowest BCUT2D eigenvalue weighted by Gasteiger charge is -2.43. The van der Waals surface area contributed by atoms with Gasteiger partial charge in [0.2, 0.25) is 5.91 Å². The van der Waals surface area contributed by atoms with E-state index in [1.165, 1.54) is 22.6 Å². The lowest BCUT2D eigenvalue weighted by atomic mass is 10.0. The number of nitrogens with one attached hydrogen (secondary N) is 1. The summed E-state index contributed by atoms with van der Waals surface area (Å²) in [5, 5.41) is 2.64. The van der Waals surface area contributed by atoms with Crippen LogP contribution in [0.2, 0.25) is 0 Å². The Bertz CT molecular complexity index is 794. The molecule has 2 aliphatic rings. The van der Waals surface area contributed by atoms with Crippen LogP contribution in [0.3, 0.4) is 0 Å². The van der Waals surface area contributed by atoms with Crippen molar-refractivity contribution >= 4 is 17.7 Å². The number of hydrogen-bond donors (Lipinski definition) is 2. The average molecular weight is 437 g/mol. The number of halogens is 2. The van der Waals surface area contributed by atoms with E-state index in [4.69, 9.17) is 5.73 Å². The van der Waals surface area contributed by atoms with Crippen LogP contribution in [0, 0.1) is 17.6 Å². The van der Waals surface area contributed by atoms with Gasteiger partial charge in [-0.3, -0.25) is 14.4 Å². The van der Waals surface area contributed by atoms with Crippen LogP contribution < -0.4 is 11.1 Å². The predicted octanol–water partition coefficient (Wildman–Crippen LogP) is 2.01. The highest BCUT2D eigenvalue weighted by Crippen LogP contribution is 2.29. The second kappa shape index (κ2) is 10.7. The van der Waals surface area contributed by atoms with Gasteiger partial charge in [0, 0.05) is 44.2 Å². The molecule has 0 radical (unpaired) electrons. The Balaban J connectivity index is 1.81. The lowest BCUT2D eigenvalue weighted by Crippen LogP contribution is -2.63. The zero-order valence-corrected chi connectivity index (χ0v) is 17.6. The Morgan fingerprint density at radius 2 is 1.65 bits per heavy atom. The number of benzene rings is 1. The van der Waals surface area contributed by atoms with Gasteiger partial charge in [-0.15, -0.1) is 0 Å². The van der Waals surface area contributed by atoms with E-state index >= 15 is 0 Å². The van der Waals surface area contributed by atoms with Crippen molar-refractivity contribution < 1.29 is 23.2 Å². The van der Waals surface area contributed by atoms with E-state index in [0.717, 1.165) is 31.4 Å². The van der Waals surface area contributed by atoms with Crippen molar-refractivity contribution in [2.45, 2.75) is 51.1 Å². The van der Waals surface area contributed by atoms with Crippen LogP contribution in [0.15, 0.2) is 18.2 Å². The van der Waals surface area contributed by atoms with Gasteiger partial charge < -0.3 is 20.9 Å². The molecule has 3 N–H and O–H groups in total. The molecule has 1 unspecified atom stereocenters. The third kappa shape index (κ3) is 5.78. The second-order valence-electron chi connectivity index (χ2n) is 8.24. The van der Waals surface area contributed by atoms with E-state index < -0.39 is 29.6 Å². The molecular weight excluding hydrogens is 406 g/mol. The van der Waals surface area contributed by atoms with E-state index in [9.17, 15) is 23.2 Å². The van der Waals surface area contributed by atoms with Crippen molar-refractivity contribution in [2.24, 2.45) is 11.7 Å². The molecule has 0 aromatic heterocycles. The molecule has 1 aliphatic carbocycles. The average Bonchev–Trinajstić information content (AvgIpc) is 3.27. The maximum Gasteiger partial charge on any atom is 0.263 e. The fourth-order valence-corrected chi connectivity index (χ4v) is 4.48. The molecule has 1 aromatic carbocycles. The van der Waals surface area contributed by atoms with Gasteiger partial charge in [-0.2, -0.15) is 0 Å². The Morgan fingerprint density at radius 3 is 2.29 bits per heavy atom. The minimum atomic E-state index is -1.17. The van der Waals surface area contributed by atoms with Gasteiger partial charge in [0.1, 0.15) is 11.6 Å². The van der Waals surface area contributed by atoms with Gasteiger partial charge in [0.25, 0.3) is 11.8 Å². The zero-order chi connectivity index (χ0) is 22.4. The van der Waals surface area contributed by atoms with Crippen LogP contribution in [0.25, 0.3) is 0 Å². The SMILES string of the molecule is NCCNC(=O)C1N(C(=O)CCC2CCCC2)CCCN1C(=O)c1cc(F)cc(F)c1. The molecule has 1 atom stereocenters. The number of carbonyl (C=O) groups excluding carboxylic acids is 3. The van der Waals surface area contributed by atoms with Crippen LogP contribution >= 0.6 is 0 Å². The largest absolute Gasteiger partial charge is 0.351 e. The molecule has 7 nitrogen and oxygen atoms in total. The fourth-order valence-electron chi connectivity index (χ4n) is 4.48. The first kappa shape index (κ1) is 23.1. The quantitative estimate of drug-likeness (QED) is 0.684. The Morgan fingerprint density at radius 1 is 1.00 bits per heavy atom. The summed E-state index contributed by atoms with van der Waals surface area (Å²) in [7, 11) is 0. The second-order valence-corrected chi connectivity index (χ2v) is 8.24. The van der Waals surface area contributed by atoms with Crippen molar-refractivity contribution in [2.75, 3.05) is 26.2 Å². The number of rotatable bonds is 7. The molecule has 3 amide bonds. The molecule has 31 heavy (non-hydrogen) atoms. The van der Waals surface area contributed by atoms with E-state index in [0.29, 0.717) is 31.4 Å². The number of amides is 3. The third-order valence-corrected chi connectivity index (χ3v) is 6.00. The molecule has 1 aliphatic heterocycles. The van der Waals surface area contributed by atoms with E-state index in [2.05, 4.69) is 5.32 Å². The number of nitrogens with zero attached hydrogens (tertiary/aromatic N) is 2. The summed E-state index contributed by atoms with van der Waals surface area (Å²) in [6.45, 7) is 0.933. The Labute approximate surface area is 180 Å². The third-order valence-electron chi connectivity index (χ3n) is 6.00. The van der Waals surface area contributed by atoms with E-state index in [1.54, 1.807) is 0 Å². The Hall–Kier alpha value is -2.55. The van der Waals surface area contributed by atoms with Crippen LogP contribution in [-0.2, 0) is 9.59 Å². The lowest BCUT2D eigenvalue weighted by molar-refractivity contribution is -0.149. The van der Waals surface area contributed by atoms with Gasteiger partial charge in [-0.1, -0.05) is 25.7 Å². The van der Waals surface area contributed by atoms with Crippen molar-refractivity contribution in [3.63, 3.8) is 0 Å². The minimum absolute atomic E-state index is 0.191. The standard InChI is InChI=1S/C22H30F2N4O3/c23-17-12-16(13-18(24)14-17)22(31)28-11-3-10-27(21(28)20(30)26-9-8-25)19(29)7-6-15-4-1-2-5-15/h12-15,21H,1-11,25H2,(H,26,30). The first-order valence-corrected chi connectivity index (χ1v) is 10.9. The molecule has 9 heteroatoms. The van der Waals surface area contributed by atoms with Crippen molar-refractivity contribution in [1.82, 2.24) is 15.1 Å². The van der Waals surface area contributed by atoms with Crippen molar-refractivity contribution in [3.8, 4) is 0 Å². The molecule has 1 saturated heterocycles. The molecule has 1 saturated carbocycles. The zero-order valence-electron chi connectivity index (χ0n) is 17.6. The molecule has 1 heterocycles. The Kier molecular flexibility index (Phi) is 7.95. The fraction of sp³-hybridized carbons (Fsp3) is 0.591. The summed E-state index contributed by atoms with van der Waals surface area (Å²) in [5.41, 5.74) is 5.28. The molecule has 0 bridgehead atoms. The topological polar surface area (TPSA) is 95.7 Å². The van der Waals surface area contributed by atoms with Gasteiger partial charge in [-0.05, 0) is 30.9 Å². The maximum absolute atomic E-state index is 13.7. The van der Waals surface area contributed by atoms with Gasteiger partial charge in [0.15, 0.2) is 6.17 Å². The molecule has 170 valence electrons. The molecule has 1 aromatic rings. The molecule has 2 fully saturated rings. The highest BCUT2D eigenvalue weighted by atomic mass is 19.1. The number of carbonyl (C=O) groups is 3.